The molecular formula is C16H20N2O3S. The minimum atomic E-state index is -0.111. The van der Waals surface area contributed by atoms with Crippen molar-refractivity contribution in [1.29, 1.82) is 0 Å². The van der Waals surface area contributed by atoms with Crippen molar-refractivity contribution in [3.8, 4) is 11.3 Å². The molecule has 1 aromatic carbocycles. The number of rotatable bonds is 7. The molecule has 2 aromatic rings. The molecule has 0 aliphatic carbocycles. The van der Waals surface area contributed by atoms with E-state index in [0.29, 0.717) is 25.3 Å². The van der Waals surface area contributed by atoms with Crippen LogP contribution in [0.2, 0.25) is 0 Å². The Hall–Kier alpha value is -1.76. The monoisotopic (exact) mass is 320 g/mol. The van der Waals surface area contributed by atoms with E-state index in [1.807, 2.05) is 30.5 Å². The van der Waals surface area contributed by atoms with E-state index in [2.05, 4.69) is 4.98 Å². The molecule has 0 aliphatic rings. The zero-order valence-electron chi connectivity index (χ0n) is 12.8. The lowest BCUT2D eigenvalue weighted by atomic mass is 10.1. The first-order chi connectivity index (χ1) is 10.7. The summed E-state index contributed by atoms with van der Waals surface area (Å²) in [5.41, 5.74) is 2.39. The van der Waals surface area contributed by atoms with E-state index in [0.717, 1.165) is 16.3 Å². The Morgan fingerprint density at radius 3 is 2.86 bits per heavy atom. The van der Waals surface area contributed by atoms with Gasteiger partial charge in [0.2, 0.25) is 0 Å². The quantitative estimate of drug-likeness (QED) is 0.849. The molecule has 1 N–H and O–H groups in total. The Morgan fingerprint density at radius 1 is 1.41 bits per heavy atom. The first-order valence-electron chi connectivity index (χ1n) is 7.07. The predicted octanol–water partition coefficient (Wildman–Crippen LogP) is 2.20. The minimum Gasteiger partial charge on any atom is -0.395 e. The van der Waals surface area contributed by atoms with Gasteiger partial charge in [-0.3, -0.25) is 4.79 Å². The molecule has 1 amide bonds. The summed E-state index contributed by atoms with van der Waals surface area (Å²) in [6.07, 6.45) is 0. The Kier molecular flexibility index (Phi) is 6.06. The molecule has 0 fully saturated rings. The second kappa shape index (κ2) is 8.03. The lowest BCUT2D eigenvalue weighted by molar-refractivity contribution is 0.0656. The van der Waals surface area contributed by atoms with E-state index in [4.69, 9.17) is 9.84 Å². The second-order valence-corrected chi connectivity index (χ2v) is 5.90. The summed E-state index contributed by atoms with van der Waals surface area (Å²) < 4.78 is 5.02. The molecule has 0 saturated carbocycles. The third-order valence-corrected chi connectivity index (χ3v) is 4.02. The van der Waals surface area contributed by atoms with Gasteiger partial charge < -0.3 is 14.7 Å². The van der Waals surface area contributed by atoms with Crippen LogP contribution >= 0.6 is 11.3 Å². The number of thiazole rings is 1. The molecule has 0 spiro atoms. The van der Waals surface area contributed by atoms with Crippen LogP contribution < -0.4 is 0 Å². The minimum absolute atomic E-state index is 0.0690. The highest BCUT2D eigenvalue weighted by molar-refractivity contribution is 7.09. The van der Waals surface area contributed by atoms with Crippen LogP contribution in [0.1, 0.15) is 15.4 Å². The lowest BCUT2D eigenvalue weighted by Gasteiger charge is -2.21. The van der Waals surface area contributed by atoms with Gasteiger partial charge in [0.1, 0.15) is 0 Å². The number of benzene rings is 1. The van der Waals surface area contributed by atoms with Crippen LogP contribution in [0.3, 0.4) is 0 Å². The van der Waals surface area contributed by atoms with E-state index >= 15 is 0 Å². The zero-order chi connectivity index (χ0) is 15.9. The van der Waals surface area contributed by atoms with Gasteiger partial charge >= 0.3 is 0 Å². The van der Waals surface area contributed by atoms with Crippen LogP contribution in [0, 0.1) is 6.92 Å². The van der Waals surface area contributed by atoms with E-state index in [-0.39, 0.29) is 12.5 Å². The number of aliphatic hydroxyl groups is 1. The first-order valence-corrected chi connectivity index (χ1v) is 7.95. The normalized spacial score (nSPS) is 10.7. The summed E-state index contributed by atoms with van der Waals surface area (Å²) in [4.78, 5) is 18.6. The maximum absolute atomic E-state index is 12.6. The van der Waals surface area contributed by atoms with Crippen molar-refractivity contribution in [2.45, 2.75) is 6.92 Å². The molecule has 0 unspecified atom stereocenters. The maximum atomic E-state index is 12.6. The molecule has 0 bridgehead atoms. The molecule has 0 atom stereocenters. The molecule has 5 nitrogen and oxygen atoms in total. The number of aromatic nitrogens is 1. The van der Waals surface area contributed by atoms with Gasteiger partial charge in [0.25, 0.3) is 5.91 Å². The lowest BCUT2D eigenvalue weighted by Crippen LogP contribution is -2.36. The van der Waals surface area contributed by atoms with Gasteiger partial charge in [-0.2, -0.15) is 0 Å². The van der Waals surface area contributed by atoms with Gasteiger partial charge in [-0.1, -0.05) is 12.1 Å². The fraction of sp³-hybridized carbons (Fsp3) is 0.375. The average Bonchev–Trinajstić information content (AvgIpc) is 2.97. The molecule has 2 rings (SSSR count). The third-order valence-electron chi connectivity index (χ3n) is 3.25. The van der Waals surface area contributed by atoms with Gasteiger partial charge in [0.05, 0.1) is 23.9 Å². The number of methoxy groups -OCH3 is 1. The number of amides is 1. The van der Waals surface area contributed by atoms with Crippen LogP contribution in [0.25, 0.3) is 11.3 Å². The van der Waals surface area contributed by atoms with Crippen molar-refractivity contribution in [2.24, 2.45) is 0 Å². The smallest absolute Gasteiger partial charge is 0.254 e. The van der Waals surface area contributed by atoms with E-state index in [1.165, 1.54) is 0 Å². The fourth-order valence-electron chi connectivity index (χ4n) is 2.13. The summed E-state index contributed by atoms with van der Waals surface area (Å²) in [5, 5.41) is 12.1. The van der Waals surface area contributed by atoms with Crippen LogP contribution in [0.15, 0.2) is 29.6 Å². The Labute approximate surface area is 134 Å². The van der Waals surface area contributed by atoms with Gasteiger partial charge in [0, 0.05) is 36.7 Å². The number of hydrogen-bond acceptors (Lipinski definition) is 5. The molecule has 1 heterocycles. The topological polar surface area (TPSA) is 62.7 Å². The number of aliphatic hydroxyl groups excluding tert-OH is 1. The standard InChI is InChI=1S/C16H20N2O3S/c1-12-17-15(11-22-12)13-4-3-5-14(10-13)16(20)18(6-8-19)7-9-21-2/h3-5,10-11,19H,6-9H2,1-2H3. The number of carbonyl (C=O) groups excluding carboxylic acids is 1. The first kappa shape index (κ1) is 16.6. The summed E-state index contributed by atoms with van der Waals surface area (Å²) in [7, 11) is 1.59. The highest BCUT2D eigenvalue weighted by Gasteiger charge is 2.16. The van der Waals surface area contributed by atoms with Crippen molar-refractivity contribution < 1.29 is 14.6 Å². The molecule has 0 saturated heterocycles. The van der Waals surface area contributed by atoms with Crippen LogP contribution in [0.4, 0.5) is 0 Å². The average molecular weight is 320 g/mol. The number of nitrogens with zero attached hydrogens (tertiary/aromatic N) is 2. The summed E-state index contributed by atoms with van der Waals surface area (Å²) >= 11 is 1.58. The van der Waals surface area contributed by atoms with Gasteiger partial charge in [-0.05, 0) is 19.1 Å². The van der Waals surface area contributed by atoms with Crippen molar-refractivity contribution in [3.05, 3.63) is 40.2 Å². The van der Waals surface area contributed by atoms with E-state index < -0.39 is 0 Å². The number of aryl methyl sites for hydroxylation is 1. The Bertz CT molecular complexity index is 627. The van der Waals surface area contributed by atoms with Gasteiger partial charge in [-0.15, -0.1) is 11.3 Å². The van der Waals surface area contributed by atoms with Crippen LogP contribution in [-0.4, -0.2) is 54.3 Å². The van der Waals surface area contributed by atoms with Gasteiger partial charge in [-0.25, -0.2) is 4.98 Å². The number of carbonyl (C=O) groups is 1. The molecule has 22 heavy (non-hydrogen) atoms. The molecular weight excluding hydrogens is 300 g/mol. The summed E-state index contributed by atoms with van der Waals surface area (Å²) in [6.45, 7) is 3.08. The molecule has 0 radical (unpaired) electrons. The van der Waals surface area contributed by atoms with E-state index in [1.54, 1.807) is 29.4 Å². The SMILES string of the molecule is COCCN(CCO)C(=O)c1cccc(-c2csc(C)n2)c1. The second-order valence-electron chi connectivity index (χ2n) is 4.84. The van der Waals surface area contributed by atoms with Crippen molar-refractivity contribution in [3.63, 3.8) is 0 Å². The highest BCUT2D eigenvalue weighted by atomic mass is 32.1. The maximum Gasteiger partial charge on any atom is 0.254 e. The highest BCUT2D eigenvalue weighted by Crippen LogP contribution is 2.22. The van der Waals surface area contributed by atoms with Crippen LogP contribution in [-0.2, 0) is 4.74 Å². The van der Waals surface area contributed by atoms with Crippen molar-refractivity contribution >= 4 is 17.2 Å². The third kappa shape index (κ3) is 4.13. The molecule has 6 heteroatoms. The van der Waals surface area contributed by atoms with Crippen molar-refractivity contribution in [2.75, 3.05) is 33.4 Å². The van der Waals surface area contributed by atoms with E-state index in [9.17, 15) is 4.79 Å². The zero-order valence-corrected chi connectivity index (χ0v) is 13.6. The largest absolute Gasteiger partial charge is 0.395 e. The molecule has 0 aliphatic heterocycles. The predicted molar refractivity (Wildman–Crippen MR) is 87.2 cm³/mol. The van der Waals surface area contributed by atoms with Crippen LogP contribution in [0.5, 0.6) is 0 Å². The Balaban J connectivity index is 2.21. The van der Waals surface area contributed by atoms with Gasteiger partial charge in [0.15, 0.2) is 0 Å². The Morgan fingerprint density at radius 2 is 2.23 bits per heavy atom. The molecule has 1 aromatic heterocycles. The van der Waals surface area contributed by atoms with Crippen molar-refractivity contribution in [1.82, 2.24) is 9.88 Å². The molecule has 118 valence electrons. The number of ether oxygens (including phenoxy) is 1. The fourth-order valence-corrected chi connectivity index (χ4v) is 2.75. The summed E-state index contributed by atoms with van der Waals surface area (Å²) in [5.74, 6) is -0.111. The summed E-state index contributed by atoms with van der Waals surface area (Å²) in [6, 6.07) is 7.41. The number of hydrogen-bond donors (Lipinski definition) is 1.